The zero-order valence-corrected chi connectivity index (χ0v) is 17.1. The lowest BCUT2D eigenvalue weighted by molar-refractivity contribution is -0.120. The van der Waals surface area contributed by atoms with Crippen LogP contribution in [0, 0.1) is 13.8 Å². The average molecular weight is 404 g/mol. The van der Waals surface area contributed by atoms with Crippen molar-refractivity contribution in [1.29, 1.82) is 0 Å². The lowest BCUT2D eigenvalue weighted by atomic mass is 10.1. The van der Waals surface area contributed by atoms with Crippen molar-refractivity contribution in [3.63, 3.8) is 0 Å². The lowest BCUT2D eigenvalue weighted by Crippen LogP contribution is -2.34. The van der Waals surface area contributed by atoms with Gasteiger partial charge in [0, 0.05) is 12.4 Å². The molecule has 2 aromatic heterocycles. The third-order valence-electron chi connectivity index (χ3n) is 4.77. The third kappa shape index (κ3) is 4.27. The van der Waals surface area contributed by atoms with Gasteiger partial charge in [-0.15, -0.1) is 0 Å². The number of rotatable bonds is 6. The molecule has 0 bridgehead atoms. The van der Waals surface area contributed by atoms with Gasteiger partial charge >= 0.3 is 0 Å². The van der Waals surface area contributed by atoms with Crippen LogP contribution in [0.4, 0.5) is 5.13 Å². The van der Waals surface area contributed by atoms with E-state index in [0.717, 1.165) is 21.3 Å². The molecule has 0 aliphatic rings. The molecule has 0 aliphatic heterocycles. The largest absolute Gasteiger partial charge is 0.484 e. The van der Waals surface area contributed by atoms with Crippen molar-refractivity contribution >= 4 is 32.6 Å². The van der Waals surface area contributed by atoms with Crippen LogP contribution in [0.1, 0.15) is 16.7 Å². The summed E-state index contributed by atoms with van der Waals surface area (Å²) < 4.78 is 6.76. The van der Waals surface area contributed by atoms with E-state index in [2.05, 4.69) is 31.0 Å². The topological polar surface area (TPSA) is 55.3 Å². The second-order valence-corrected chi connectivity index (χ2v) is 7.80. The standard InChI is InChI=1S/C23H21N3O2S/c1-16-10-11-20-22(17(16)2)25-23(29-20)26(14-18-7-6-12-24-13-18)21(27)15-28-19-8-4-3-5-9-19/h3-13H,14-15H2,1-2H3. The van der Waals surface area contributed by atoms with Crippen LogP contribution in [-0.2, 0) is 11.3 Å². The molecular formula is C23H21N3O2S. The number of carbonyl (C=O) groups is 1. The van der Waals surface area contributed by atoms with Crippen molar-refractivity contribution < 1.29 is 9.53 Å². The Hall–Kier alpha value is -3.25. The van der Waals surface area contributed by atoms with Gasteiger partial charge < -0.3 is 4.74 Å². The van der Waals surface area contributed by atoms with E-state index in [1.807, 2.05) is 42.5 Å². The van der Waals surface area contributed by atoms with Gasteiger partial charge in [-0.3, -0.25) is 14.7 Å². The number of hydrogen-bond acceptors (Lipinski definition) is 5. The number of ether oxygens (including phenoxy) is 1. The molecule has 0 saturated heterocycles. The molecule has 29 heavy (non-hydrogen) atoms. The Kier molecular flexibility index (Phi) is 5.53. The fourth-order valence-electron chi connectivity index (χ4n) is 3.01. The molecule has 0 atom stereocenters. The fourth-order valence-corrected chi connectivity index (χ4v) is 4.05. The molecule has 4 aromatic rings. The maximum Gasteiger partial charge on any atom is 0.267 e. The highest BCUT2D eigenvalue weighted by Crippen LogP contribution is 2.32. The van der Waals surface area contributed by atoms with Crippen molar-refractivity contribution in [3.05, 3.63) is 83.7 Å². The molecule has 5 nitrogen and oxygen atoms in total. The van der Waals surface area contributed by atoms with Crippen LogP contribution < -0.4 is 9.64 Å². The zero-order valence-electron chi connectivity index (χ0n) is 16.3. The fraction of sp³-hybridized carbons (Fsp3) is 0.174. The Morgan fingerprint density at radius 3 is 2.66 bits per heavy atom. The monoisotopic (exact) mass is 403 g/mol. The number of nitrogens with zero attached hydrogens (tertiary/aromatic N) is 3. The van der Waals surface area contributed by atoms with Crippen LogP contribution in [0.3, 0.4) is 0 Å². The van der Waals surface area contributed by atoms with Gasteiger partial charge in [0.1, 0.15) is 5.75 Å². The van der Waals surface area contributed by atoms with Gasteiger partial charge in [0.25, 0.3) is 5.91 Å². The predicted molar refractivity (Wildman–Crippen MR) is 116 cm³/mol. The van der Waals surface area contributed by atoms with Crippen molar-refractivity contribution in [2.75, 3.05) is 11.5 Å². The Morgan fingerprint density at radius 2 is 1.90 bits per heavy atom. The molecule has 0 N–H and O–H groups in total. The summed E-state index contributed by atoms with van der Waals surface area (Å²) in [5.41, 5.74) is 4.21. The van der Waals surface area contributed by atoms with E-state index in [9.17, 15) is 4.79 Å². The van der Waals surface area contributed by atoms with Crippen molar-refractivity contribution in [2.24, 2.45) is 0 Å². The molecule has 0 fully saturated rings. The molecular weight excluding hydrogens is 382 g/mol. The summed E-state index contributed by atoms with van der Waals surface area (Å²) >= 11 is 1.52. The third-order valence-corrected chi connectivity index (χ3v) is 5.82. The van der Waals surface area contributed by atoms with Crippen molar-refractivity contribution in [1.82, 2.24) is 9.97 Å². The number of amides is 1. The Bertz CT molecular complexity index is 1130. The minimum absolute atomic E-state index is 0.0573. The van der Waals surface area contributed by atoms with Crippen LogP contribution in [-0.4, -0.2) is 22.5 Å². The Labute approximate surface area is 173 Å². The van der Waals surface area contributed by atoms with Gasteiger partial charge in [-0.2, -0.15) is 0 Å². The summed E-state index contributed by atoms with van der Waals surface area (Å²) in [5.74, 6) is 0.518. The molecule has 0 aliphatic carbocycles. The van der Waals surface area contributed by atoms with Crippen molar-refractivity contribution in [2.45, 2.75) is 20.4 Å². The summed E-state index contributed by atoms with van der Waals surface area (Å²) in [5, 5.41) is 0.666. The molecule has 1 amide bonds. The first-order chi connectivity index (χ1) is 14.1. The smallest absolute Gasteiger partial charge is 0.267 e. The van der Waals surface area contributed by atoms with E-state index in [4.69, 9.17) is 9.72 Å². The molecule has 2 heterocycles. The number of thiazole rings is 1. The van der Waals surface area contributed by atoms with Gasteiger partial charge in [-0.1, -0.05) is 41.7 Å². The van der Waals surface area contributed by atoms with E-state index >= 15 is 0 Å². The predicted octanol–water partition coefficient (Wildman–Crippen LogP) is 4.92. The Balaban J connectivity index is 1.64. The van der Waals surface area contributed by atoms with Crippen LogP contribution >= 0.6 is 11.3 Å². The van der Waals surface area contributed by atoms with E-state index in [1.54, 1.807) is 17.3 Å². The maximum atomic E-state index is 13.1. The summed E-state index contributed by atoms with van der Waals surface area (Å²) in [7, 11) is 0. The van der Waals surface area contributed by atoms with Gasteiger partial charge in [0.2, 0.25) is 0 Å². The molecule has 4 rings (SSSR count). The first-order valence-electron chi connectivity index (χ1n) is 9.35. The minimum Gasteiger partial charge on any atom is -0.484 e. The number of fused-ring (bicyclic) bond motifs is 1. The van der Waals surface area contributed by atoms with E-state index in [1.165, 1.54) is 16.9 Å². The van der Waals surface area contributed by atoms with Crippen molar-refractivity contribution in [3.8, 4) is 5.75 Å². The lowest BCUT2D eigenvalue weighted by Gasteiger charge is -2.20. The first kappa shape index (κ1) is 19.1. The van der Waals surface area contributed by atoms with E-state index in [-0.39, 0.29) is 12.5 Å². The molecule has 0 saturated carbocycles. The molecule has 0 radical (unpaired) electrons. The average Bonchev–Trinajstić information content (AvgIpc) is 3.19. The van der Waals surface area contributed by atoms with Crippen LogP contribution in [0.15, 0.2) is 67.0 Å². The molecule has 6 heteroatoms. The zero-order chi connectivity index (χ0) is 20.2. The SMILES string of the molecule is Cc1ccc2sc(N(Cc3cccnc3)C(=O)COc3ccccc3)nc2c1C. The first-order valence-corrected chi connectivity index (χ1v) is 10.2. The highest BCUT2D eigenvalue weighted by Gasteiger charge is 2.21. The Morgan fingerprint density at radius 1 is 1.07 bits per heavy atom. The number of anilines is 1. The van der Waals surface area contributed by atoms with Gasteiger partial charge in [0.05, 0.1) is 16.8 Å². The summed E-state index contributed by atoms with van der Waals surface area (Å²) in [6.45, 7) is 4.47. The highest BCUT2D eigenvalue weighted by molar-refractivity contribution is 7.22. The van der Waals surface area contributed by atoms with Crippen LogP contribution in [0.2, 0.25) is 0 Å². The molecule has 0 unspecified atom stereocenters. The quantitative estimate of drug-likeness (QED) is 0.458. The second kappa shape index (κ2) is 8.41. The highest BCUT2D eigenvalue weighted by atomic mass is 32.1. The minimum atomic E-state index is -0.147. The van der Waals surface area contributed by atoms with E-state index in [0.29, 0.717) is 17.4 Å². The molecule has 0 spiro atoms. The number of aryl methyl sites for hydroxylation is 2. The summed E-state index contributed by atoms with van der Waals surface area (Å²) in [6, 6.07) is 17.3. The number of carbonyl (C=O) groups excluding carboxylic acids is 1. The summed E-state index contributed by atoms with van der Waals surface area (Å²) in [6.07, 6.45) is 3.49. The second-order valence-electron chi connectivity index (χ2n) is 6.79. The normalized spacial score (nSPS) is 10.8. The number of para-hydroxylation sites is 1. The summed E-state index contributed by atoms with van der Waals surface area (Å²) in [4.78, 5) is 23.7. The molecule has 2 aromatic carbocycles. The number of aromatic nitrogens is 2. The number of benzene rings is 2. The van der Waals surface area contributed by atoms with Gasteiger partial charge in [-0.25, -0.2) is 4.98 Å². The van der Waals surface area contributed by atoms with Gasteiger partial charge in [-0.05, 0) is 54.8 Å². The van der Waals surface area contributed by atoms with E-state index < -0.39 is 0 Å². The van der Waals surface area contributed by atoms with Crippen LogP contribution in [0.5, 0.6) is 5.75 Å². The number of pyridine rings is 1. The van der Waals surface area contributed by atoms with Crippen LogP contribution in [0.25, 0.3) is 10.2 Å². The molecule has 146 valence electrons. The number of hydrogen-bond donors (Lipinski definition) is 0. The maximum absolute atomic E-state index is 13.1. The van der Waals surface area contributed by atoms with Gasteiger partial charge in [0.15, 0.2) is 11.7 Å².